The zero-order chi connectivity index (χ0) is 32.3. The van der Waals surface area contributed by atoms with Gasteiger partial charge in [-0.25, -0.2) is 0 Å². The Morgan fingerprint density at radius 3 is 2.22 bits per heavy atom. The van der Waals surface area contributed by atoms with E-state index >= 15 is 0 Å². The van der Waals surface area contributed by atoms with Gasteiger partial charge in [-0.3, -0.25) is 14.4 Å². The molecule has 8 nitrogen and oxygen atoms in total. The predicted molar refractivity (Wildman–Crippen MR) is 176 cm³/mol. The molecule has 2 bridgehead atoms. The molecule has 1 aliphatic carbocycles. The molecule has 1 spiro atoms. The Hall–Kier alpha value is -3.75. The summed E-state index contributed by atoms with van der Waals surface area (Å²) in [6, 6.07) is 18.0. The van der Waals surface area contributed by atoms with Gasteiger partial charge in [-0.05, 0) is 43.2 Å². The van der Waals surface area contributed by atoms with Gasteiger partial charge >= 0.3 is 0 Å². The maximum Gasteiger partial charge on any atom is 0.248 e. The van der Waals surface area contributed by atoms with E-state index in [-0.39, 0.29) is 30.4 Å². The molecule has 6 rings (SSSR count). The first-order chi connectivity index (χ1) is 22.4. The number of nitrogens with zero attached hydrogens (tertiary/aromatic N) is 3. The lowest BCUT2D eigenvalue weighted by Crippen LogP contribution is -2.60. The number of hydrogen-bond acceptors (Lipinski definition) is 5. The minimum atomic E-state index is -1.13. The van der Waals surface area contributed by atoms with Crippen LogP contribution >= 0.6 is 0 Å². The molecule has 46 heavy (non-hydrogen) atoms. The Bertz CT molecular complexity index is 1410. The predicted octanol–water partition coefficient (Wildman–Crippen LogP) is 4.53. The Labute approximate surface area is 272 Å². The summed E-state index contributed by atoms with van der Waals surface area (Å²) in [7, 11) is 0. The number of aliphatic hydroxyl groups is 1. The first kappa shape index (κ1) is 32.2. The molecule has 2 unspecified atom stereocenters. The topological polar surface area (TPSA) is 90.4 Å². The molecule has 4 aliphatic rings. The summed E-state index contributed by atoms with van der Waals surface area (Å²) in [5, 5.41) is 10.8. The van der Waals surface area contributed by atoms with Gasteiger partial charge in [0.2, 0.25) is 17.7 Å². The van der Waals surface area contributed by atoms with Gasteiger partial charge in [0.25, 0.3) is 0 Å². The van der Waals surface area contributed by atoms with Crippen LogP contribution in [0, 0.1) is 11.8 Å². The second kappa shape index (κ2) is 13.9. The monoisotopic (exact) mass is 625 g/mol. The third-order valence-electron chi connectivity index (χ3n) is 10.7. The number of likely N-dealkylation sites (tertiary alicyclic amines) is 1. The third-order valence-corrected chi connectivity index (χ3v) is 10.7. The Morgan fingerprint density at radius 2 is 1.59 bits per heavy atom. The molecule has 0 radical (unpaired) electrons. The van der Waals surface area contributed by atoms with Crippen LogP contribution in [0.15, 0.2) is 86.0 Å². The smallest absolute Gasteiger partial charge is 0.248 e. The standard InChI is InChI=1S/C38H47N3O5/c1-3-22-39(25-28-16-10-6-11-17-28)35(43)32-31-20-21-38(46-31)33(32)36(44)41(30(26-42)24-27-14-8-5-9-15-27)34(38)37(45)40(23-4-2)29-18-12-7-13-19-29/h3-6,8-11,14-17,29-34,42H,1-2,7,12-13,18-26H2/t30-,31-,32+,33+,34?,38?/m1/s1. The molecule has 3 aliphatic heterocycles. The molecule has 0 aromatic heterocycles. The zero-order valence-electron chi connectivity index (χ0n) is 26.7. The number of rotatable bonds is 13. The summed E-state index contributed by atoms with van der Waals surface area (Å²) in [6.07, 6.45) is 9.57. The van der Waals surface area contributed by atoms with Crippen molar-refractivity contribution >= 4 is 17.7 Å². The van der Waals surface area contributed by atoms with E-state index in [0.717, 1.165) is 43.2 Å². The molecule has 8 heteroatoms. The molecular weight excluding hydrogens is 578 g/mol. The Balaban J connectivity index is 1.39. The molecular formula is C38H47N3O5. The second-order valence-electron chi connectivity index (χ2n) is 13.4. The summed E-state index contributed by atoms with van der Waals surface area (Å²) in [5.41, 5.74) is 0.812. The SMILES string of the molecule is C=CCN(Cc1ccccc1)C(=O)[C@@H]1[C@H]2C(=O)N([C@@H](CO)Cc3ccccc3)C(C(=O)N(CC=C)C3CCCCC3)C23CC[C@H]1O3. The maximum absolute atomic E-state index is 15.0. The van der Waals surface area contributed by atoms with Gasteiger partial charge in [-0.15, -0.1) is 13.2 Å². The van der Waals surface area contributed by atoms with Crippen molar-refractivity contribution in [3.63, 3.8) is 0 Å². The number of aliphatic hydroxyl groups excluding tert-OH is 1. The molecule has 2 aromatic carbocycles. The van der Waals surface area contributed by atoms with Gasteiger partial charge in [-0.2, -0.15) is 0 Å². The van der Waals surface area contributed by atoms with E-state index in [1.54, 1.807) is 22.0 Å². The van der Waals surface area contributed by atoms with Crippen LogP contribution in [-0.2, 0) is 32.1 Å². The van der Waals surface area contributed by atoms with Gasteiger partial charge < -0.3 is 24.5 Å². The molecule has 2 aromatic rings. The normalized spacial score (nSPS) is 27.7. The average Bonchev–Trinajstić information content (AvgIpc) is 3.74. The van der Waals surface area contributed by atoms with E-state index in [4.69, 9.17) is 4.74 Å². The molecule has 3 saturated heterocycles. The van der Waals surface area contributed by atoms with Crippen LogP contribution in [0.25, 0.3) is 0 Å². The number of amides is 3. The van der Waals surface area contributed by atoms with Crippen molar-refractivity contribution in [2.24, 2.45) is 11.8 Å². The van der Waals surface area contributed by atoms with Crippen molar-refractivity contribution in [3.05, 3.63) is 97.1 Å². The summed E-state index contributed by atoms with van der Waals surface area (Å²) in [5.74, 6) is -2.11. The van der Waals surface area contributed by atoms with Crippen LogP contribution in [-0.4, -0.2) is 87.1 Å². The van der Waals surface area contributed by atoms with Crippen molar-refractivity contribution < 1.29 is 24.2 Å². The molecule has 1 N–H and O–H groups in total. The first-order valence-electron chi connectivity index (χ1n) is 16.9. The van der Waals surface area contributed by atoms with Crippen molar-refractivity contribution in [2.75, 3.05) is 19.7 Å². The van der Waals surface area contributed by atoms with Gasteiger partial charge in [0.1, 0.15) is 11.6 Å². The summed E-state index contributed by atoms with van der Waals surface area (Å²) < 4.78 is 6.80. The molecule has 4 fully saturated rings. The fourth-order valence-corrected chi connectivity index (χ4v) is 8.69. The van der Waals surface area contributed by atoms with E-state index in [1.807, 2.05) is 65.6 Å². The van der Waals surface area contributed by atoms with Gasteiger partial charge in [0.05, 0.1) is 30.6 Å². The lowest BCUT2D eigenvalue weighted by Gasteiger charge is -2.42. The third kappa shape index (κ3) is 5.82. The van der Waals surface area contributed by atoms with Crippen LogP contribution in [0.1, 0.15) is 56.1 Å². The molecule has 3 heterocycles. The largest absolute Gasteiger partial charge is 0.394 e. The maximum atomic E-state index is 15.0. The van der Waals surface area contributed by atoms with E-state index in [9.17, 15) is 19.5 Å². The summed E-state index contributed by atoms with van der Waals surface area (Å²) in [4.78, 5) is 49.5. The first-order valence-corrected chi connectivity index (χ1v) is 16.9. The van der Waals surface area contributed by atoms with Crippen molar-refractivity contribution in [2.45, 2.75) is 87.7 Å². The van der Waals surface area contributed by atoms with E-state index in [1.165, 1.54) is 0 Å². The Morgan fingerprint density at radius 1 is 0.935 bits per heavy atom. The molecule has 3 amide bonds. The number of benzene rings is 2. The van der Waals surface area contributed by atoms with E-state index in [2.05, 4.69) is 13.2 Å². The minimum absolute atomic E-state index is 0.0540. The number of hydrogen-bond donors (Lipinski definition) is 1. The van der Waals surface area contributed by atoms with E-state index < -0.39 is 35.6 Å². The van der Waals surface area contributed by atoms with Gasteiger partial charge in [-0.1, -0.05) is 92.1 Å². The van der Waals surface area contributed by atoms with Crippen LogP contribution in [0.4, 0.5) is 0 Å². The Kier molecular flexibility index (Phi) is 9.76. The summed E-state index contributed by atoms with van der Waals surface area (Å²) in [6.45, 7) is 8.64. The number of carbonyl (C=O) groups is 3. The van der Waals surface area contributed by atoms with E-state index in [0.29, 0.717) is 38.9 Å². The lowest BCUT2D eigenvalue weighted by atomic mass is 9.70. The number of fused-ring (bicyclic) bond motifs is 1. The average molecular weight is 626 g/mol. The van der Waals surface area contributed by atoms with Crippen LogP contribution in [0.3, 0.4) is 0 Å². The van der Waals surface area contributed by atoms with Crippen LogP contribution in [0.5, 0.6) is 0 Å². The van der Waals surface area contributed by atoms with Crippen LogP contribution in [0.2, 0.25) is 0 Å². The number of carbonyl (C=O) groups excluding carboxylic acids is 3. The van der Waals surface area contributed by atoms with Crippen molar-refractivity contribution in [1.29, 1.82) is 0 Å². The highest BCUT2D eigenvalue weighted by Gasteiger charge is 2.75. The second-order valence-corrected chi connectivity index (χ2v) is 13.4. The van der Waals surface area contributed by atoms with Gasteiger partial charge in [0.15, 0.2) is 0 Å². The van der Waals surface area contributed by atoms with Gasteiger partial charge in [0, 0.05) is 25.7 Å². The minimum Gasteiger partial charge on any atom is -0.394 e. The number of ether oxygens (including phenoxy) is 1. The molecule has 6 atom stereocenters. The summed E-state index contributed by atoms with van der Waals surface area (Å²) >= 11 is 0. The molecule has 244 valence electrons. The highest BCUT2D eigenvalue weighted by atomic mass is 16.5. The quantitative estimate of drug-likeness (QED) is 0.331. The van der Waals surface area contributed by atoms with Crippen LogP contribution < -0.4 is 0 Å². The zero-order valence-corrected chi connectivity index (χ0v) is 26.7. The fraction of sp³-hybridized carbons (Fsp3) is 0.500. The fourth-order valence-electron chi connectivity index (χ4n) is 8.69. The highest BCUT2D eigenvalue weighted by molar-refractivity contribution is 5.99. The van der Waals surface area contributed by atoms with Crippen molar-refractivity contribution in [1.82, 2.24) is 14.7 Å². The molecule has 1 saturated carbocycles. The lowest BCUT2D eigenvalue weighted by molar-refractivity contribution is -0.153. The van der Waals surface area contributed by atoms with Crippen molar-refractivity contribution in [3.8, 4) is 0 Å². The highest BCUT2D eigenvalue weighted by Crippen LogP contribution is 2.59.